The number of amides is 1. The Hall–Kier alpha value is -1.46. The molecule has 1 atom stereocenters. The maximum Gasteiger partial charge on any atom is 0.222 e. The number of nitrogens with zero attached hydrogens (tertiary/aromatic N) is 2. The summed E-state index contributed by atoms with van der Waals surface area (Å²) in [5, 5.41) is 0. The number of halogens is 1. The van der Waals surface area contributed by atoms with Crippen molar-refractivity contribution in [3.05, 3.63) is 35.1 Å². The molecule has 2 N–H and O–H groups in total. The lowest BCUT2D eigenvalue weighted by Gasteiger charge is -2.37. The molecule has 0 radical (unpaired) electrons. The first kappa shape index (κ1) is 13.5. The minimum Gasteiger partial charge on any atom is -0.337 e. The molecular weight excluding hydrogens is 257 g/mol. The van der Waals surface area contributed by atoms with Crippen LogP contribution < -0.4 is 5.73 Å². The molecule has 0 bridgehead atoms. The summed E-state index contributed by atoms with van der Waals surface area (Å²) in [7, 11) is 0. The van der Waals surface area contributed by atoms with Crippen LogP contribution in [0.25, 0.3) is 0 Å². The van der Waals surface area contributed by atoms with E-state index in [4.69, 9.17) is 5.73 Å². The zero-order chi connectivity index (χ0) is 14.1. The molecule has 108 valence electrons. The van der Waals surface area contributed by atoms with Gasteiger partial charge >= 0.3 is 0 Å². The van der Waals surface area contributed by atoms with Crippen LogP contribution in [0.2, 0.25) is 0 Å². The van der Waals surface area contributed by atoms with Crippen LogP contribution in [-0.2, 0) is 17.9 Å². The Balaban J connectivity index is 1.70. The lowest BCUT2D eigenvalue weighted by molar-refractivity contribution is -0.130. The van der Waals surface area contributed by atoms with Gasteiger partial charge in [-0.15, -0.1) is 0 Å². The third-order valence-corrected chi connectivity index (χ3v) is 4.36. The fourth-order valence-electron chi connectivity index (χ4n) is 3.25. The van der Waals surface area contributed by atoms with Crippen molar-refractivity contribution in [1.29, 1.82) is 0 Å². The number of fused-ring (bicyclic) bond motifs is 1. The van der Waals surface area contributed by atoms with E-state index in [1.54, 1.807) is 12.1 Å². The van der Waals surface area contributed by atoms with E-state index >= 15 is 0 Å². The summed E-state index contributed by atoms with van der Waals surface area (Å²) in [5.41, 5.74) is 7.68. The van der Waals surface area contributed by atoms with Crippen LogP contribution in [0, 0.1) is 5.82 Å². The zero-order valence-electron chi connectivity index (χ0n) is 11.5. The zero-order valence-corrected chi connectivity index (χ0v) is 11.5. The molecule has 0 aliphatic carbocycles. The molecule has 1 amide bonds. The molecule has 1 aromatic rings. The van der Waals surface area contributed by atoms with E-state index in [2.05, 4.69) is 4.90 Å². The summed E-state index contributed by atoms with van der Waals surface area (Å²) in [5.74, 6) is 0.0648. The summed E-state index contributed by atoms with van der Waals surface area (Å²) in [6.07, 6.45) is 1.62. The second-order valence-electron chi connectivity index (χ2n) is 5.63. The van der Waals surface area contributed by atoms with Gasteiger partial charge in [0.15, 0.2) is 0 Å². The van der Waals surface area contributed by atoms with E-state index in [0.717, 1.165) is 37.2 Å². The van der Waals surface area contributed by atoms with Gasteiger partial charge in [0, 0.05) is 45.2 Å². The first-order valence-corrected chi connectivity index (χ1v) is 7.16. The van der Waals surface area contributed by atoms with Gasteiger partial charge in [0.05, 0.1) is 0 Å². The van der Waals surface area contributed by atoms with Gasteiger partial charge in [-0.3, -0.25) is 9.69 Å². The van der Waals surface area contributed by atoms with Crippen LogP contribution in [0.3, 0.4) is 0 Å². The molecule has 1 aromatic carbocycles. The molecule has 2 aliphatic rings. The van der Waals surface area contributed by atoms with E-state index in [-0.39, 0.29) is 11.7 Å². The maximum absolute atomic E-state index is 13.4. The smallest absolute Gasteiger partial charge is 0.222 e. The summed E-state index contributed by atoms with van der Waals surface area (Å²) in [6, 6.07) is 5.14. The number of carbonyl (C=O) groups is 1. The topological polar surface area (TPSA) is 49.6 Å². The molecule has 2 heterocycles. The summed E-state index contributed by atoms with van der Waals surface area (Å²) in [4.78, 5) is 16.0. The number of piperazine rings is 1. The van der Waals surface area contributed by atoms with Crippen LogP contribution in [0.5, 0.6) is 0 Å². The fourth-order valence-corrected chi connectivity index (χ4v) is 3.25. The molecule has 2 aliphatic heterocycles. The first-order chi connectivity index (χ1) is 9.67. The largest absolute Gasteiger partial charge is 0.337 e. The number of benzene rings is 1. The Morgan fingerprint density at radius 2 is 2.15 bits per heavy atom. The number of carbonyl (C=O) groups excluding carboxylic acids is 1. The monoisotopic (exact) mass is 277 g/mol. The highest BCUT2D eigenvalue weighted by atomic mass is 19.1. The molecule has 1 unspecified atom stereocenters. The Morgan fingerprint density at radius 3 is 2.95 bits per heavy atom. The van der Waals surface area contributed by atoms with Gasteiger partial charge in [0.2, 0.25) is 5.91 Å². The number of hydrogen-bond acceptors (Lipinski definition) is 3. The average Bonchev–Trinajstić information content (AvgIpc) is 2.80. The van der Waals surface area contributed by atoms with E-state index in [1.807, 2.05) is 4.90 Å². The Kier molecular flexibility index (Phi) is 3.72. The van der Waals surface area contributed by atoms with E-state index in [9.17, 15) is 9.18 Å². The van der Waals surface area contributed by atoms with Crippen molar-refractivity contribution in [3.8, 4) is 0 Å². The minimum absolute atomic E-state index is 0.216. The number of nitrogens with two attached hydrogens (primary N) is 1. The fraction of sp³-hybridized carbons (Fsp3) is 0.533. The summed E-state index contributed by atoms with van der Waals surface area (Å²) >= 11 is 0. The maximum atomic E-state index is 13.4. The predicted octanol–water partition coefficient (Wildman–Crippen LogP) is 1.09. The van der Waals surface area contributed by atoms with Gasteiger partial charge in [-0.25, -0.2) is 4.39 Å². The molecule has 20 heavy (non-hydrogen) atoms. The van der Waals surface area contributed by atoms with Gasteiger partial charge in [-0.2, -0.15) is 0 Å². The van der Waals surface area contributed by atoms with Crippen molar-refractivity contribution < 1.29 is 9.18 Å². The standard InChI is InChI=1S/C15H20FN3O/c16-13-2-1-11(8-17)12(7-13)9-18-5-6-19-14(10-18)3-4-15(19)20/h1-2,7,14H,3-6,8-10,17H2. The van der Waals surface area contributed by atoms with Crippen LogP contribution in [0.1, 0.15) is 24.0 Å². The highest BCUT2D eigenvalue weighted by Gasteiger charge is 2.35. The van der Waals surface area contributed by atoms with Crippen molar-refractivity contribution in [2.24, 2.45) is 5.73 Å². The van der Waals surface area contributed by atoms with Gasteiger partial charge in [-0.1, -0.05) is 6.07 Å². The van der Waals surface area contributed by atoms with E-state index in [1.165, 1.54) is 6.07 Å². The lowest BCUT2D eigenvalue weighted by atomic mass is 10.1. The highest BCUT2D eigenvalue weighted by Crippen LogP contribution is 2.24. The van der Waals surface area contributed by atoms with E-state index < -0.39 is 0 Å². The molecule has 4 nitrogen and oxygen atoms in total. The Labute approximate surface area is 118 Å². The van der Waals surface area contributed by atoms with Crippen molar-refractivity contribution in [1.82, 2.24) is 9.80 Å². The molecule has 0 aromatic heterocycles. The Bertz CT molecular complexity index is 520. The second-order valence-corrected chi connectivity index (χ2v) is 5.63. The molecule has 0 saturated carbocycles. The average molecular weight is 277 g/mol. The molecule has 2 saturated heterocycles. The lowest BCUT2D eigenvalue weighted by Crippen LogP contribution is -2.51. The van der Waals surface area contributed by atoms with Gasteiger partial charge in [0.1, 0.15) is 5.82 Å². The van der Waals surface area contributed by atoms with Crippen LogP contribution in [0.4, 0.5) is 4.39 Å². The summed E-state index contributed by atoms with van der Waals surface area (Å²) < 4.78 is 13.4. The van der Waals surface area contributed by atoms with Crippen molar-refractivity contribution in [3.63, 3.8) is 0 Å². The molecular formula is C15H20FN3O. The van der Waals surface area contributed by atoms with Gasteiger partial charge < -0.3 is 10.6 Å². The van der Waals surface area contributed by atoms with Crippen LogP contribution in [0.15, 0.2) is 18.2 Å². The van der Waals surface area contributed by atoms with E-state index in [0.29, 0.717) is 25.6 Å². The molecule has 0 spiro atoms. The normalized spacial score (nSPS) is 23.2. The predicted molar refractivity (Wildman–Crippen MR) is 74.3 cm³/mol. The minimum atomic E-state index is -0.216. The number of hydrogen-bond donors (Lipinski definition) is 1. The summed E-state index contributed by atoms with van der Waals surface area (Å²) in [6.45, 7) is 3.66. The highest BCUT2D eigenvalue weighted by molar-refractivity contribution is 5.78. The SMILES string of the molecule is NCc1ccc(F)cc1CN1CCN2C(=O)CCC2C1. The van der Waals surface area contributed by atoms with Crippen LogP contribution >= 0.6 is 0 Å². The van der Waals surface area contributed by atoms with Crippen molar-refractivity contribution >= 4 is 5.91 Å². The second kappa shape index (κ2) is 5.50. The van der Waals surface area contributed by atoms with Gasteiger partial charge in [-0.05, 0) is 29.7 Å². The third kappa shape index (κ3) is 2.55. The molecule has 3 rings (SSSR count). The number of rotatable bonds is 3. The van der Waals surface area contributed by atoms with Crippen LogP contribution in [-0.4, -0.2) is 41.4 Å². The van der Waals surface area contributed by atoms with Crippen molar-refractivity contribution in [2.75, 3.05) is 19.6 Å². The van der Waals surface area contributed by atoms with Crippen molar-refractivity contribution in [2.45, 2.75) is 32.0 Å². The molecule has 5 heteroatoms. The molecule has 2 fully saturated rings. The Morgan fingerprint density at radius 1 is 1.30 bits per heavy atom. The first-order valence-electron chi connectivity index (χ1n) is 7.16. The quantitative estimate of drug-likeness (QED) is 0.900. The third-order valence-electron chi connectivity index (χ3n) is 4.36. The van der Waals surface area contributed by atoms with Gasteiger partial charge in [0.25, 0.3) is 0 Å².